The van der Waals surface area contributed by atoms with E-state index in [1.165, 1.54) is 5.56 Å². The van der Waals surface area contributed by atoms with E-state index >= 15 is 0 Å². The van der Waals surface area contributed by atoms with Crippen LogP contribution in [0.1, 0.15) is 18.2 Å². The highest BCUT2D eigenvalue weighted by Crippen LogP contribution is 2.35. The topological polar surface area (TPSA) is 88.1 Å². The number of ether oxygens (including phenoxy) is 1. The van der Waals surface area contributed by atoms with Gasteiger partial charge in [-0.2, -0.15) is 4.98 Å². The second kappa shape index (κ2) is 5.63. The van der Waals surface area contributed by atoms with E-state index in [9.17, 15) is 0 Å². The highest BCUT2D eigenvalue weighted by atomic mass is 16.5. The van der Waals surface area contributed by atoms with E-state index in [4.69, 9.17) is 15.9 Å². The molecular weight excluding hydrogens is 278 g/mol. The Balaban J connectivity index is 1.95. The number of nitrogens with one attached hydrogen (secondary N) is 1. The van der Waals surface area contributed by atoms with E-state index in [0.717, 1.165) is 36.4 Å². The molecule has 22 heavy (non-hydrogen) atoms. The fourth-order valence-electron chi connectivity index (χ4n) is 2.88. The molecule has 114 valence electrons. The Morgan fingerprint density at radius 2 is 2.00 bits per heavy atom. The molecule has 0 radical (unpaired) electrons. The number of nitrogens with zero attached hydrogens (tertiary/aromatic N) is 3. The third-order valence-electron chi connectivity index (χ3n) is 3.92. The first-order valence-corrected chi connectivity index (χ1v) is 7.23. The third-order valence-corrected chi connectivity index (χ3v) is 3.92. The molecule has 1 heterocycles. The summed E-state index contributed by atoms with van der Waals surface area (Å²) >= 11 is 0. The van der Waals surface area contributed by atoms with Gasteiger partial charge in [0.25, 0.3) is 0 Å². The van der Waals surface area contributed by atoms with Crippen molar-refractivity contribution in [3.8, 4) is 5.75 Å². The lowest BCUT2D eigenvalue weighted by Crippen LogP contribution is -2.15. The number of aromatic nitrogens is 2. The summed E-state index contributed by atoms with van der Waals surface area (Å²) in [5, 5.41) is 6.95. The number of anilines is 3. The second-order valence-corrected chi connectivity index (χ2v) is 5.63. The average Bonchev–Trinajstić information content (AvgIpc) is 2.87. The molecule has 0 saturated heterocycles. The molecule has 1 aliphatic rings. The van der Waals surface area contributed by atoms with Crippen molar-refractivity contribution < 1.29 is 4.74 Å². The van der Waals surface area contributed by atoms with Crippen molar-refractivity contribution in [3.63, 3.8) is 0 Å². The number of hydrogen-bond acceptors (Lipinski definition) is 6. The lowest BCUT2D eigenvalue weighted by atomic mass is 10.1. The number of nitrogen functional groups attached to an aromatic ring is 1. The quantitative estimate of drug-likeness (QED) is 0.669. The highest BCUT2D eigenvalue weighted by Gasteiger charge is 2.25. The van der Waals surface area contributed by atoms with Crippen molar-refractivity contribution in [3.05, 3.63) is 35.5 Å². The zero-order valence-electron chi connectivity index (χ0n) is 12.7. The molecule has 0 fully saturated rings. The van der Waals surface area contributed by atoms with Crippen molar-refractivity contribution in [2.45, 2.75) is 19.8 Å². The molecule has 2 aromatic rings. The standard InChI is InChI=1S/C16H19N5O/c1-10-7-13-14(8-10)19-16(18)20-15(13)21(2)11-3-5-12(6-4-11)22-9-17/h3-6,9-10,17H,7-8H2,1-2H3,(H2,18,19,20). The first-order chi connectivity index (χ1) is 10.6. The summed E-state index contributed by atoms with van der Waals surface area (Å²) in [4.78, 5) is 10.8. The summed E-state index contributed by atoms with van der Waals surface area (Å²) in [7, 11) is 1.97. The van der Waals surface area contributed by atoms with Crippen LogP contribution in [0.5, 0.6) is 5.75 Å². The minimum atomic E-state index is 0.318. The number of hydrogen-bond donors (Lipinski definition) is 2. The van der Waals surface area contributed by atoms with Crippen LogP contribution in [0.15, 0.2) is 24.3 Å². The third kappa shape index (κ3) is 2.59. The maximum atomic E-state index is 6.95. The van der Waals surface area contributed by atoms with Gasteiger partial charge in [-0.3, -0.25) is 5.41 Å². The van der Waals surface area contributed by atoms with Gasteiger partial charge in [-0.15, -0.1) is 0 Å². The Morgan fingerprint density at radius 1 is 1.27 bits per heavy atom. The Morgan fingerprint density at radius 3 is 2.68 bits per heavy atom. The lowest BCUT2D eigenvalue weighted by molar-refractivity contribution is 0.570. The van der Waals surface area contributed by atoms with Crippen LogP contribution in [-0.2, 0) is 12.8 Å². The number of nitrogens with two attached hydrogens (primary N) is 1. The van der Waals surface area contributed by atoms with E-state index in [1.807, 2.05) is 36.2 Å². The molecule has 1 unspecified atom stereocenters. The van der Waals surface area contributed by atoms with Crippen molar-refractivity contribution in [1.29, 1.82) is 5.41 Å². The van der Waals surface area contributed by atoms with Crippen LogP contribution < -0.4 is 15.4 Å². The van der Waals surface area contributed by atoms with Crippen LogP contribution in [0.4, 0.5) is 17.5 Å². The van der Waals surface area contributed by atoms with Gasteiger partial charge in [0, 0.05) is 18.3 Å². The van der Waals surface area contributed by atoms with E-state index in [0.29, 0.717) is 17.6 Å². The van der Waals surface area contributed by atoms with Crippen LogP contribution in [-0.4, -0.2) is 23.4 Å². The maximum absolute atomic E-state index is 6.95. The number of fused-ring (bicyclic) bond motifs is 1. The molecule has 1 aromatic carbocycles. The summed E-state index contributed by atoms with van der Waals surface area (Å²) in [5.74, 6) is 2.39. The molecule has 0 bridgehead atoms. The summed E-state index contributed by atoms with van der Waals surface area (Å²) in [6.45, 7) is 2.21. The number of benzene rings is 1. The van der Waals surface area contributed by atoms with E-state index in [2.05, 4.69) is 16.9 Å². The minimum Gasteiger partial charge on any atom is -0.446 e. The molecule has 1 atom stereocenters. The predicted molar refractivity (Wildman–Crippen MR) is 86.9 cm³/mol. The maximum Gasteiger partial charge on any atom is 0.222 e. The van der Waals surface area contributed by atoms with Crippen molar-refractivity contribution in [1.82, 2.24) is 9.97 Å². The van der Waals surface area contributed by atoms with Crippen LogP contribution in [0.3, 0.4) is 0 Å². The van der Waals surface area contributed by atoms with Crippen LogP contribution in [0.2, 0.25) is 0 Å². The molecule has 3 rings (SSSR count). The van der Waals surface area contributed by atoms with Gasteiger partial charge < -0.3 is 15.4 Å². The summed E-state index contributed by atoms with van der Waals surface area (Å²) in [5.41, 5.74) is 9.09. The van der Waals surface area contributed by atoms with Gasteiger partial charge >= 0.3 is 0 Å². The van der Waals surface area contributed by atoms with Gasteiger partial charge in [0.2, 0.25) is 5.95 Å². The van der Waals surface area contributed by atoms with Gasteiger partial charge in [-0.05, 0) is 43.0 Å². The average molecular weight is 297 g/mol. The predicted octanol–water partition coefficient (Wildman–Crippen LogP) is 2.55. The zero-order chi connectivity index (χ0) is 15.7. The van der Waals surface area contributed by atoms with E-state index in [-0.39, 0.29) is 0 Å². The van der Waals surface area contributed by atoms with Crippen LogP contribution in [0.25, 0.3) is 0 Å². The largest absolute Gasteiger partial charge is 0.446 e. The summed E-state index contributed by atoms with van der Waals surface area (Å²) < 4.78 is 5.03. The van der Waals surface area contributed by atoms with Gasteiger partial charge in [0.15, 0.2) is 6.40 Å². The SMILES string of the molecule is CC1Cc2nc(N)nc(N(C)c3ccc(OC=N)cc3)c2C1. The first-order valence-electron chi connectivity index (χ1n) is 7.23. The van der Waals surface area contributed by atoms with Gasteiger partial charge in [0.05, 0.1) is 5.69 Å². The van der Waals surface area contributed by atoms with Gasteiger partial charge in [0.1, 0.15) is 11.6 Å². The molecule has 0 amide bonds. The molecule has 1 aromatic heterocycles. The molecule has 6 nitrogen and oxygen atoms in total. The molecular formula is C16H19N5O. The van der Waals surface area contributed by atoms with Crippen molar-refractivity contribution in [2.75, 3.05) is 17.7 Å². The minimum absolute atomic E-state index is 0.318. The Kier molecular flexibility index (Phi) is 3.66. The fourth-order valence-corrected chi connectivity index (χ4v) is 2.88. The molecule has 6 heteroatoms. The monoisotopic (exact) mass is 297 g/mol. The van der Waals surface area contributed by atoms with E-state index < -0.39 is 0 Å². The zero-order valence-corrected chi connectivity index (χ0v) is 12.7. The van der Waals surface area contributed by atoms with Gasteiger partial charge in [-0.1, -0.05) is 6.92 Å². The molecule has 0 saturated carbocycles. The lowest BCUT2D eigenvalue weighted by Gasteiger charge is -2.21. The van der Waals surface area contributed by atoms with Crippen molar-refractivity contribution in [2.24, 2.45) is 5.92 Å². The summed E-state index contributed by atoms with van der Waals surface area (Å²) in [6, 6.07) is 7.51. The van der Waals surface area contributed by atoms with Crippen molar-refractivity contribution >= 4 is 23.9 Å². The molecule has 0 aliphatic heterocycles. The fraction of sp³-hybridized carbons (Fsp3) is 0.312. The molecule has 3 N–H and O–H groups in total. The van der Waals surface area contributed by atoms with E-state index in [1.54, 1.807) is 0 Å². The highest BCUT2D eigenvalue weighted by molar-refractivity contribution is 5.65. The van der Waals surface area contributed by atoms with Crippen LogP contribution in [0, 0.1) is 11.3 Å². The summed E-state index contributed by atoms with van der Waals surface area (Å²) in [6.07, 6.45) is 2.84. The molecule has 0 spiro atoms. The Hall–Kier alpha value is -2.63. The first kappa shape index (κ1) is 14.3. The van der Waals surface area contributed by atoms with Crippen LogP contribution >= 0.6 is 0 Å². The smallest absolute Gasteiger partial charge is 0.222 e. The normalized spacial score (nSPS) is 16.2. The van der Waals surface area contributed by atoms with Gasteiger partial charge in [-0.25, -0.2) is 4.98 Å². The second-order valence-electron chi connectivity index (χ2n) is 5.63. The molecule has 1 aliphatic carbocycles. The Labute approximate surface area is 129 Å². The Bertz CT molecular complexity index is 698. The number of rotatable bonds is 4.